The SMILES string of the molecule is Cc1cnc(N(C)C)nc1NC1CCC(NC(=O)c2cc(C(F)(F)F)cc(C(F)(F)F)c2)CC1. The standard InChI is InChI=1S/C22H25F6N5O/c1-12-11-29-20(33(2)3)32-18(12)30-16-4-6-17(7-5-16)31-19(34)13-8-14(21(23,24)25)10-15(9-13)22(26,27)28/h8-11,16-17H,4-7H2,1-3H3,(H,31,34)(H,29,30,32). The highest BCUT2D eigenvalue weighted by Crippen LogP contribution is 2.36. The predicted octanol–water partition coefficient (Wildman–Crippen LogP) is 5.04. The monoisotopic (exact) mass is 489 g/mol. The van der Waals surface area contributed by atoms with Crippen molar-refractivity contribution in [2.75, 3.05) is 24.3 Å². The molecule has 34 heavy (non-hydrogen) atoms. The van der Waals surface area contributed by atoms with Gasteiger partial charge in [-0.05, 0) is 50.8 Å². The fourth-order valence-corrected chi connectivity index (χ4v) is 3.72. The zero-order valence-electron chi connectivity index (χ0n) is 18.8. The van der Waals surface area contributed by atoms with Crippen LogP contribution in [-0.2, 0) is 12.4 Å². The lowest BCUT2D eigenvalue weighted by molar-refractivity contribution is -0.143. The second-order valence-corrected chi connectivity index (χ2v) is 8.56. The molecule has 1 aromatic carbocycles. The van der Waals surface area contributed by atoms with Crippen molar-refractivity contribution in [2.24, 2.45) is 0 Å². The van der Waals surface area contributed by atoms with Crippen molar-refractivity contribution in [3.05, 3.63) is 46.6 Å². The van der Waals surface area contributed by atoms with Gasteiger partial charge in [0.15, 0.2) is 0 Å². The van der Waals surface area contributed by atoms with Crippen LogP contribution in [0.1, 0.15) is 52.7 Å². The number of aryl methyl sites for hydroxylation is 1. The van der Waals surface area contributed by atoms with Gasteiger partial charge in [-0.2, -0.15) is 31.3 Å². The fraction of sp³-hybridized carbons (Fsp3) is 0.500. The first kappa shape index (κ1) is 25.6. The molecule has 0 atom stereocenters. The summed E-state index contributed by atoms with van der Waals surface area (Å²) in [7, 11) is 3.65. The Kier molecular flexibility index (Phi) is 7.27. The van der Waals surface area contributed by atoms with E-state index in [2.05, 4.69) is 20.6 Å². The highest BCUT2D eigenvalue weighted by molar-refractivity contribution is 5.94. The maximum Gasteiger partial charge on any atom is 0.416 e. The number of halogens is 6. The normalized spacial score (nSPS) is 19.0. The summed E-state index contributed by atoms with van der Waals surface area (Å²) in [4.78, 5) is 23.0. The number of rotatable bonds is 5. The number of nitrogens with zero attached hydrogens (tertiary/aromatic N) is 3. The first-order valence-electron chi connectivity index (χ1n) is 10.6. The molecular weight excluding hydrogens is 464 g/mol. The van der Waals surface area contributed by atoms with Crippen molar-refractivity contribution >= 4 is 17.7 Å². The molecule has 1 aliphatic rings. The quantitative estimate of drug-likeness (QED) is 0.576. The van der Waals surface area contributed by atoms with E-state index in [9.17, 15) is 31.1 Å². The zero-order chi connectivity index (χ0) is 25.3. The van der Waals surface area contributed by atoms with Crippen LogP contribution in [0, 0.1) is 6.92 Å². The van der Waals surface area contributed by atoms with Crippen molar-refractivity contribution in [3.63, 3.8) is 0 Å². The Morgan fingerprint density at radius 3 is 1.97 bits per heavy atom. The van der Waals surface area contributed by atoms with Crippen molar-refractivity contribution in [1.29, 1.82) is 0 Å². The lowest BCUT2D eigenvalue weighted by Gasteiger charge is -2.30. The molecule has 0 unspecified atom stereocenters. The predicted molar refractivity (Wildman–Crippen MR) is 115 cm³/mol. The van der Waals surface area contributed by atoms with Crippen molar-refractivity contribution in [2.45, 2.75) is 57.0 Å². The van der Waals surface area contributed by atoms with Crippen molar-refractivity contribution in [1.82, 2.24) is 15.3 Å². The van der Waals surface area contributed by atoms with Gasteiger partial charge in [-0.3, -0.25) is 4.79 Å². The van der Waals surface area contributed by atoms with Crippen LogP contribution < -0.4 is 15.5 Å². The second kappa shape index (κ2) is 9.67. The van der Waals surface area contributed by atoms with E-state index >= 15 is 0 Å². The van der Waals surface area contributed by atoms with Gasteiger partial charge in [0.2, 0.25) is 5.95 Å². The molecule has 1 aromatic heterocycles. The maximum absolute atomic E-state index is 13.1. The topological polar surface area (TPSA) is 70.2 Å². The van der Waals surface area contributed by atoms with Crippen LogP contribution in [-0.4, -0.2) is 42.1 Å². The molecule has 1 fully saturated rings. The van der Waals surface area contributed by atoms with E-state index in [0.717, 1.165) is 5.56 Å². The van der Waals surface area contributed by atoms with Crippen molar-refractivity contribution < 1.29 is 31.1 Å². The van der Waals surface area contributed by atoms with Crippen LogP contribution in [0.15, 0.2) is 24.4 Å². The summed E-state index contributed by atoms with van der Waals surface area (Å²) in [5.74, 6) is 0.276. The van der Waals surface area contributed by atoms with Gasteiger partial charge in [0.05, 0.1) is 11.1 Å². The van der Waals surface area contributed by atoms with E-state index in [4.69, 9.17) is 0 Å². The minimum atomic E-state index is -5.01. The highest BCUT2D eigenvalue weighted by Gasteiger charge is 2.37. The third kappa shape index (κ3) is 6.29. The van der Waals surface area contributed by atoms with Gasteiger partial charge in [-0.1, -0.05) is 0 Å². The summed E-state index contributed by atoms with van der Waals surface area (Å²) in [5.41, 5.74) is -2.84. The number of benzene rings is 1. The Balaban J connectivity index is 1.65. The molecule has 1 heterocycles. The molecule has 1 saturated carbocycles. The Morgan fingerprint density at radius 1 is 0.941 bits per heavy atom. The summed E-state index contributed by atoms with van der Waals surface area (Å²) in [6, 6.07) is 0.584. The molecule has 2 aromatic rings. The van der Waals surface area contributed by atoms with Crippen LogP contribution in [0.3, 0.4) is 0 Å². The Morgan fingerprint density at radius 2 is 1.47 bits per heavy atom. The van der Waals surface area contributed by atoms with E-state index < -0.39 is 35.0 Å². The first-order valence-corrected chi connectivity index (χ1v) is 10.6. The minimum absolute atomic E-state index is 0.00446. The number of carbonyl (C=O) groups excluding carboxylic acids is 1. The molecule has 3 rings (SSSR count). The van der Waals surface area contributed by atoms with Gasteiger partial charge in [-0.25, -0.2) is 4.98 Å². The molecule has 0 bridgehead atoms. The van der Waals surface area contributed by atoms with Gasteiger partial charge < -0.3 is 15.5 Å². The average molecular weight is 489 g/mol. The summed E-state index contributed by atoms with van der Waals surface area (Å²) in [5, 5.41) is 5.94. The van der Waals surface area contributed by atoms with Crippen LogP contribution in [0.5, 0.6) is 0 Å². The number of aromatic nitrogens is 2. The Labute approximate surface area is 192 Å². The molecule has 0 aliphatic heterocycles. The molecule has 0 saturated heterocycles. The van der Waals surface area contributed by atoms with Crippen LogP contribution in [0.25, 0.3) is 0 Å². The number of alkyl halides is 6. The maximum atomic E-state index is 13.1. The average Bonchev–Trinajstić information content (AvgIpc) is 2.75. The molecule has 0 spiro atoms. The molecule has 6 nitrogen and oxygen atoms in total. The number of hydrogen-bond acceptors (Lipinski definition) is 5. The summed E-state index contributed by atoms with van der Waals surface area (Å²) >= 11 is 0. The van der Waals surface area contributed by atoms with E-state index in [1.807, 2.05) is 21.0 Å². The number of anilines is 2. The zero-order valence-corrected chi connectivity index (χ0v) is 18.8. The molecular formula is C22H25F6N5O. The van der Waals surface area contributed by atoms with Gasteiger partial charge in [0, 0.05) is 43.5 Å². The van der Waals surface area contributed by atoms with E-state index in [-0.39, 0.29) is 18.2 Å². The third-order valence-electron chi connectivity index (χ3n) is 5.61. The number of hydrogen-bond donors (Lipinski definition) is 2. The molecule has 1 amide bonds. The van der Waals surface area contributed by atoms with Gasteiger partial charge in [0.25, 0.3) is 5.91 Å². The number of amides is 1. The highest BCUT2D eigenvalue weighted by atomic mass is 19.4. The molecule has 0 radical (unpaired) electrons. The molecule has 2 N–H and O–H groups in total. The van der Waals surface area contributed by atoms with Gasteiger partial charge in [0.1, 0.15) is 5.82 Å². The van der Waals surface area contributed by atoms with Crippen molar-refractivity contribution in [3.8, 4) is 0 Å². The van der Waals surface area contributed by atoms with Gasteiger partial charge >= 0.3 is 12.4 Å². The van der Waals surface area contributed by atoms with Crippen LogP contribution in [0.4, 0.5) is 38.1 Å². The van der Waals surface area contributed by atoms with Gasteiger partial charge in [-0.15, -0.1) is 0 Å². The lowest BCUT2D eigenvalue weighted by Crippen LogP contribution is -2.40. The molecule has 1 aliphatic carbocycles. The number of nitrogens with one attached hydrogen (secondary N) is 2. The van der Waals surface area contributed by atoms with E-state index in [1.54, 1.807) is 11.1 Å². The fourth-order valence-electron chi connectivity index (χ4n) is 3.72. The Bertz CT molecular complexity index is 997. The number of carbonyl (C=O) groups is 1. The smallest absolute Gasteiger partial charge is 0.367 e. The minimum Gasteiger partial charge on any atom is -0.367 e. The van der Waals surface area contributed by atoms with Crippen LogP contribution >= 0.6 is 0 Å². The summed E-state index contributed by atoms with van der Waals surface area (Å²) in [6.45, 7) is 1.87. The first-order chi connectivity index (χ1) is 15.7. The van der Waals surface area contributed by atoms with Crippen LogP contribution in [0.2, 0.25) is 0 Å². The molecule has 12 heteroatoms. The largest absolute Gasteiger partial charge is 0.416 e. The third-order valence-corrected chi connectivity index (χ3v) is 5.61. The molecule has 186 valence electrons. The summed E-state index contributed by atoms with van der Waals surface area (Å²) in [6.07, 6.45) is -6.00. The summed E-state index contributed by atoms with van der Waals surface area (Å²) < 4.78 is 78.4. The van der Waals surface area contributed by atoms with E-state index in [0.29, 0.717) is 49.6 Å². The lowest BCUT2D eigenvalue weighted by atomic mass is 9.90. The van der Waals surface area contributed by atoms with E-state index in [1.165, 1.54) is 0 Å². The second-order valence-electron chi connectivity index (χ2n) is 8.56. The Hall–Kier alpha value is -3.05.